The van der Waals surface area contributed by atoms with E-state index in [1.54, 1.807) is 6.92 Å². The van der Waals surface area contributed by atoms with Gasteiger partial charge in [-0.1, -0.05) is 11.6 Å². The highest BCUT2D eigenvalue weighted by atomic mass is 35.5. The lowest BCUT2D eigenvalue weighted by atomic mass is 10.1. The minimum Gasteiger partial charge on any atom is -0.352 e. The largest absolute Gasteiger partial charge is 0.352 e. The molecule has 0 aromatic heterocycles. The highest BCUT2D eigenvalue weighted by molar-refractivity contribution is 6.31. The van der Waals surface area contributed by atoms with Gasteiger partial charge in [0.25, 0.3) is 5.91 Å². The van der Waals surface area contributed by atoms with Gasteiger partial charge in [-0.2, -0.15) is 0 Å². The number of anilines is 1. The lowest BCUT2D eigenvalue weighted by molar-refractivity contribution is -0.497. The van der Waals surface area contributed by atoms with Crippen LogP contribution >= 0.6 is 11.6 Å². The average molecular weight is 312 g/mol. The molecule has 1 aromatic rings. The number of rotatable bonds is 5. The Morgan fingerprint density at radius 1 is 1.48 bits per heavy atom. The van der Waals surface area contributed by atoms with E-state index in [-0.39, 0.29) is 17.9 Å². The number of hydrogen-bond donors (Lipinski definition) is 2. The summed E-state index contributed by atoms with van der Waals surface area (Å²) in [5.74, 6) is -1.46. The van der Waals surface area contributed by atoms with E-state index in [1.807, 2.05) is 0 Å². The lowest BCUT2D eigenvalue weighted by Crippen LogP contribution is -2.25. The van der Waals surface area contributed by atoms with Crippen molar-refractivity contribution in [2.24, 2.45) is 5.92 Å². The summed E-state index contributed by atoms with van der Waals surface area (Å²) in [4.78, 5) is 34.0. The molecule has 1 aromatic carbocycles. The Balaban J connectivity index is 2.14. The summed E-state index contributed by atoms with van der Waals surface area (Å²) in [6, 6.07) is 3.66. The van der Waals surface area contributed by atoms with Gasteiger partial charge in [0.15, 0.2) is 0 Å². The number of carbonyl (C=O) groups is 2. The third kappa shape index (κ3) is 3.49. The van der Waals surface area contributed by atoms with Crippen LogP contribution in [0.4, 0.5) is 5.69 Å². The molecule has 8 heteroatoms. The first-order valence-corrected chi connectivity index (χ1v) is 6.84. The fourth-order valence-electron chi connectivity index (χ4n) is 1.99. The summed E-state index contributed by atoms with van der Waals surface area (Å²) in [5, 5.41) is 16.1. The molecular formula is C13H14ClN3O4. The van der Waals surface area contributed by atoms with Gasteiger partial charge in [-0.05, 0) is 25.1 Å². The van der Waals surface area contributed by atoms with E-state index in [0.29, 0.717) is 17.3 Å². The zero-order chi connectivity index (χ0) is 15.6. The molecule has 1 aliphatic rings. The van der Waals surface area contributed by atoms with Crippen molar-refractivity contribution in [3.63, 3.8) is 0 Å². The standard InChI is InChI=1S/C13H14ClN3O4/c1-2-15-12(18)8-5-7(14)3-4-10(8)16-13(19)9-6-11(9)17(20)21/h3-5,9,11H,2,6H2,1H3,(H,15,18)(H,16,19)/t9-,11+/m1/s1. The van der Waals surface area contributed by atoms with E-state index >= 15 is 0 Å². The fraction of sp³-hybridized carbons (Fsp3) is 0.385. The highest BCUT2D eigenvalue weighted by Gasteiger charge is 2.53. The second kappa shape index (κ2) is 6.09. The van der Waals surface area contributed by atoms with Gasteiger partial charge in [-0.3, -0.25) is 19.7 Å². The maximum atomic E-state index is 11.9. The third-order valence-electron chi connectivity index (χ3n) is 3.19. The Morgan fingerprint density at radius 2 is 2.19 bits per heavy atom. The van der Waals surface area contributed by atoms with E-state index in [4.69, 9.17) is 11.6 Å². The maximum Gasteiger partial charge on any atom is 0.253 e. The SMILES string of the molecule is CCNC(=O)c1cc(Cl)ccc1NC(=O)[C@@H]1C[C@@H]1[N+](=O)[O-]. The summed E-state index contributed by atoms with van der Waals surface area (Å²) in [5.41, 5.74) is 0.528. The van der Waals surface area contributed by atoms with Crippen LogP contribution in [0.5, 0.6) is 0 Å². The van der Waals surface area contributed by atoms with Crippen LogP contribution in [-0.2, 0) is 4.79 Å². The molecule has 0 radical (unpaired) electrons. The molecule has 0 unspecified atom stereocenters. The van der Waals surface area contributed by atoms with Crippen molar-refractivity contribution in [3.05, 3.63) is 38.9 Å². The summed E-state index contributed by atoms with van der Waals surface area (Å²) in [6.45, 7) is 2.21. The Morgan fingerprint density at radius 3 is 2.76 bits per heavy atom. The molecule has 0 spiro atoms. The predicted octanol–water partition coefficient (Wildman–Crippen LogP) is 1.69. The van der Waals surface area contributed by atoms with Gasteiger partial charge in [0.1, 0.15) is 5.92 Å². The molecule has 1 fully saturated rings. The number of nitrogens with zero attached hydrogens (tertiary/aromatic N) is 1. The number of halogens is 1. The molecule has 2 N–H and O–H groups in total. The number of nitro groups is 1. The monoisotopic (exact) mass is 311 g/mol. The molecule has 1 aliphatic carbocycles. The first kappa shape index (κ1) is 15.2. The molecule has 2 atom stereocenters. The molecule has 0 heterocycles. The normalized spacial score (nSPS) is 19.7. The van der Waals surface area contributed by atoms with Gasteiger partial charge < -0.3 is 10.6 Å². The van der Waals surface area contributed by atoms with Crippen molar-refractivity contribution in [2.75, 3.05) is 11.9 Å². The van der Waals surface area contributed by atoms with Gasteiger partial charge in [0, 0.05) is 22.9 Å². The second-order valence-corrected chi connectivity index (χ2v) is 5.17. The highest BCUT2D eigenvalue weighted by Crippen LogP contribution is 2.34. The van der Waals surface area contributed by atoms with Crippen LogP contribution in [0.2, 0.25) is 5.02 Å². The van der Waals surface area contributed by atoms with Gasteiger partial charge >= 0.3 is 0 Å². The van der Waals surface area contributed by atoms with E-state index in [0.717, 1.165) is 0 Å². The number of hydrogen-bond acceptors (Lipinski definition) is 4. The number of carbonyl (C=O) groups excluding carboxylic acids is 2. The molecule has 0 aliphatic heterocycles. The molecule has 21 heavy (non-hydrogen) atoms. The molecule has 2 amide bonds. The molecule has 1 saturated carbocycles. The van der Waals surface area contributed by atoms with E-state index in [2.05, 4.69) is 10.6 Å². The minimum atomic E-state index is -0.829. The second-order valence-electron chi connectivity index (χ2n) is 4.73. The molecule has 0 saturated heterocycles. The van der Waals surface area contributed by atoms with Gasteiger partial charge in [0.05, 0.1) is 11.3 Å². The average Bonchev–Trinajstić information content (AvgIpc) is 3.21. The van der Waals surface area contributed by atoms with Crippen LogP contribution in [0.15, 0.2) is 18.2 Å². The van der Waals surface area contributed by atoms with Crippen LogP contribution in [0.1, 0.15) is 23.7 Å². The predicted molar refractivity (Wildman–Crippen MR) is 77.0 cm³/mol. The van der Waals surface area contributed by atoms with Crippen molar-refractivity contribution in [1.82, 2.24) is 5.32 Å². The van der Waals surface area contributed by atoms with Crippen LogP contribution in [0.25, 0.3) is 0 Å². The molecule has 2 rings (SSSR count). The van der Waals surface area contributed by atoms with Crippen molar-refractivity contribution in [3.8, 4) is 0 Å². The van der Waals surface area contributed by atoms with Crippen molar-refractivity contribution < 1.29 is 14.5 Å². The molecular weight excluding hydrogens is 298 g/mol. The van der Waals surface area contributed by atoms with Crippen molar-refractivity contribution in [2.45, 2.75) is 19.4 Å². The Kier molecular flexibility index (Phi) is 4.42. The number of benzene rings is 1. The Labute approximate surface area is 125 Å². The smallest absolute Gasteiger partial charge is 0.253 e. The third-order valence-corrected chi connectivity index (χ3v) is 3.42. The zero-order valence-electron chi connectivity index (χ0n) is 11.3. The zero-order valence-corrected chi connectivity index (χ0v) is 12.0. The van der Waals surface area contributed by atoms with Crippen molar-refractivity contribution >= 4 is 29.1 Å². The molecule has 0 bridgehead atoms. The van der Waals surface area contributed by atoms with Crippen LogP contribution in [0, 0.1) is 16.0 Å². The van der Waals surface area contributed by atoms with Crippen LogP contribution < -0.4 is 10.6 Å². The summed E-state index contributed by atoms with van der Waals surface area (Å²) < 4.78 is 0. The summed E-state index contributed by atoms with van der Waals surface area (Å²) >= 11 is 5.86. The van der Waals surface area contributed by atoms with E-state index in [1.165, 1.54) is 18.2 Å². The Hall–Kier alpha value is -2.15. The van der Waals surface area contributed by atoms with Crippen LogP contribution in [-0.4, -0.2) is 29.3 Å². The van der Waals surface area contributed by atoms with Gasteiger partial charge in [0.2, 0.25) is 11.9 Å². The first-order valence-electron chi connectivity index (χ1n) is 6.46. The number of amides is 2. The fourth-order valence-corrected chi connectivity index (χ4v) is 2.16. The maximum absolute atomic E-state index is 11.9. The molecule has 7 nitrogen and oxygen atoms in total. The lowest BCUT2D eigenvalue weighted by Gasteiger charge is -2.11. The minimum absolute atomic E-state index is 0.225. The quantitative estimate of drug-likeness (QED) is 0.638. The summed E-state index contributed by atoms with van der Waals surface area (Å²) in [6.07, 6.45) is 0.225. The van der Waals surface area contributed by atoms with Crippen molar-refractivity contribution in [1.29, 1.82) is 0 Å². The summed E-state index contributed by atoms with van der Waals surface area (Å²) in [7, 11) is 0. The molecule has 112 valence electrons. The Bertz CT molecular complexity index is 605. The van der Waals surface area contributed by atoms with Gasteiger partial charge in [-0.15, -0.1) is 0 Å². The topological polar surface area (TPSA) is 101 Å². The van der Waals surface area contributed by atoms with Gasteiger partial charge in [-0.25, -0.2) is 0 Å². The van der Waals surface area contributed by atoms with E-state index in [9.17, 15) is 19.7 Å². The van der Waals surface area contributed by atoms with E-state index < -0.39 is 22.8 Å². The van der Waals surface area contributed by atoms with Crippen LogP contribution in [0.3, 0.4) is 0 Å². The first-order chi connectivity index (χ1) is 9.93. The number of nitrogens with one attached hydrogen (secondary N) is 2.